The predicted octanol–water partition coefficient (Wildman–Crippen LogP) is 1.08. The zero-order valence-electron chi connectivity index (χ0n) is 10.4. The summed E-state index contributed by atoms with van der Waals surface area (Å²) in [7, 11) is -4.59. The molecule has 0 atom stereocenters. The Hall–Kier alpha value is -0.770. The monoisotopic (exact) mass is 360 g/mol. The van der Waals surface area contributed by atoms with Crippen LogP contribution in [0.25, 0.3) is 0 Å². The first kappa shape index (κ1) is 15.1. The van der Waals surface area contributed by atoms with Gasteiger partial charge in [0.25, 0.3) is 0 Å². The predicted molar refractivity (Wildman–Crippen MR) is 73.9 cm³/mol. The van der Waals surface area contributed by atoms with Crippen molar-refractivity contribution in [3.05, 3.63) is 67.2 Å². The summed E-state index contributed by atoms with van der Waals surface area (Å²) in [5.74, 6) is 0. The molecule has 0 aliphatic rings. The van der Waals surface area contributed by atoms with Gasteiger partial charge in [0.15, 0.2) is 0 Å². The Morgan fingerprint density at radius 2 is 1.14 bits per heavy atom. The number of hydrogen-bond acceptors (Lipinski definition) is 7. The summed E-state index contributed by atoms with van der Waals surface area (Å²) in [5, 5.41) is 5.47. The van der Waals surface area contributed by atoms with E-state index in [-0.39, 0.29) is 0 Å². The lowest BCUT2D eigenvalue weighted by Crippen LogP contribution is -2.64. The van der Waals surface area contributed by atoms with Crippen LogP contribution in [-0.2, 0) is 9.89 Å². The van der Waals surface area contributed by atoms with Crippen molar-refractivity contribution in [3.8, 4) is 0 Å². The lowest BCUT2D eigenvalue weighted by molar-refractivity contribution is -1.92. The van der Waals surface area contributed by atoms with Crippen molar-refractivity contribution in [2.24, 2.45) is 0 Å². The van der Waals surface area contributed by atoms with E-state index >= 15 is 0 Å². The van der Waals surface area contributed by atoms with Gasteiger partial charge in [0.2, 0.25) is 0 Å². The minimum Gasteiger partial charge on any atom is -0.183 e. The molecular weight excluding hydrogens is 352 g/mol. The first-order valence-electron chi connectivity index (χ1n) is 5.76. The van der Waals surface area contributed by atoms with Gasteiger partial charge < -0.3 is 0 Å². The third-order valence-corrected chi connectivity index (χ3v) is 6.15. The Labute approximate surface area is 135 Å². The van der Waals surface area contributed by atoms with E-state index in [4.69, 9.17) is 4.29 Å². The highest BCUT2D eigenvalue weighted by atomic mass is 35.7. The second-order valence-electron chi connectivity index (χ2n) is 4.07. The van der Waals surface area contributed by atoms with Crippen LogP contribution in [0.3, 0.4) is 0 Å². The molecule has 0 aliphatic heterocycles. The van der Waals surface area contributed by atoms with Crippen LogP contribution in [-0.4, -0.2) is 0 Å². The minimum atomic E-state index is -4.59. The molecule has 0 spiro atoms. The van der Waals surface area contributed by atoms with Gasteiger partial charge >= 0.3 is 5.60 Å². The quantitative estimate of drug-likeness (QED) is 0.682. The molecule has 0 aromatic carbocycles. The van der Waals surface area contributed by atoms with Crippen molar-refractivity contribution in [2.45, 2.75) is 5.60 Å². The lowest BCUT2D eigenvalue weighted by Gasteiger charge is -2.27. The van der Waals surface area contributed by atoms with Crippen molar-refractivity contribution in [3.63, 3.8) is 0 Å². The fourth-order valence-electron chi connectivity index (χ4n) is 2.06. The average Bonchev–Trinajstić information content (AvgIpc) is 3.15. The fraction of sp³-hybridized carbons (Fsp3) is 0.0769. The summed E-state index contributed by atoms with van der Waals surface area (Å²) in [6.07, 6.45) is 0. The van der Waals surface area contributed by atoms with Gasteiger partial charge in [-0.25, -0.2) is 0 Å². The Bertz CT molecular complexity index is 587. The first-order valence-corrected chi connectivity index (χ1v) is 9.63. The molecular formula is C13H9ClO4S3. The van der Waals surface area contributed by atoms with E-state index in [0.717, 1.165) is 0 Å². The average molecular weight is 361 g/mol. The molecule has 0 fully saturated rings. The highest BCUT2D eigenvalue weighted by Crippen LogP contribution is 2.47. The highest BCUT2D eigenvalue weighted by Gasteiger charge is 2.54. The molecule has 0 radical (unpaired) electrons. The maximum Gasteiger partial charge on any atom is 0.325 e. The largest absolute Gasteiger partial charge is 0.325 e. The topological polar surface area (TPSA) is 78.4 Å². The lowest BCUT2D eigenvalue weighted by atomic mass is 9.98. The van der Waals surface area contributed by atoms with Crippen LogP contribution >= 0.6 is 34.0 Å². The van der Waals surface area contributed by atoms with E-state index in [1.165, 1.54) is 34.0 Å². The Kier molecular flexibility index (Phi) is 4.17. The molecule has 4 nitrogen and oxygen atoms in total. The third-order valence-electron chi connectivity index (χ3n) is 2.81. The molecule has 21 heavy (non-hydrogen) atoms. The third kappa shape index (κ3) is 2.92. The Balaban J connectivity index is 2.26. The van der Waals surface area contributed by atoms with Crippen molar-refractivity contribution in [1.82, 2.24) is 0 Å². The second-order valence-corrected chi connectivity index (χ2v) is 7.82. The second kappa shape index (κ2) is 5.79. The van der Waals surface area contributed by atoms with E-state index in [0.29, 0.717) is 14.6 Å². The number of halogens is 1. The summed E-state index contributed by atoms with van der Waals surface area (Å²) < 4.78 is 39.1. The molecule has 3 rings (SSSR count). The van der Waals surface area contributed by atoms with Crippen molar-refractivity contribution >= 4 is 34.0 Å². The highest BCUT2D eigenvalue weighted by molar-refractivity contribution is 7.13. The molecule has 0 saturated heterocycles. The van der Waals surface area contributed by atoms with Crippen molar-refractivity contribution in [2.75, 3.05) is 0 Å². The van der Waals surface area contributed by atoms with Gasteiger partial charge in [-0.3, -0.25) is 0 Å². The molecule has 3 heterocycles. The summed E-state index contributed by atoms with van der Waals surface area (Å²) in [6, 6.07) is 10.7. The van der Waals surface area contributed by atoms with Crippen LogP contribution in [0, 0.1) is 10.2 Å². The van der Waals surface area contributed by atoms with Gasteiger partial charge in [-0.1, -0.05) is 18.2 Å². The van der Waals surface area contributed by atoms with Crippen molar-refractivity contribution in [1.29, 1.82) is 0 Å². The van der Waals surface area contributed by atoms with Gasteiger partial charge in [0.05, 0.1) is 29.2 Å². The van der Waals surface area contributed by atoms with E-state index in [2.05, 4.69) is 0 Å². The van der Waals surface area contributed by atoms with Crippen LogP contribution in [0.5, 0.6) is 0 Å². The molecule has 0 aliphatic carbocycles. The summed E-state index contributed by atoms with van der Waals surface area (Å²) >= 11 is 4.04. The summed E-state index contributed by atoms with van der Waals surface area (Å²) in [4.78, 5) is 1.96. The van der Waals surface area contributed by atoms with Gasteiger partial charge in [0, 0.05) is 0 Å². The maximum atomic E-state index is 11.3. The molecule has 0 bridgehead atoms. The Morgan fingerprint density at radius 3 is 1.38 bits per heavy atom. The van der Waals surface area contributed by atoms with E-state index in [1.807, 2.05) is 16.1 Å². The van der Waals surface area contributed by atoms with Crippen LogP contribution < -0.4 is 14.0 Å². The maximum absolute atomic E-state index is 11.3. The standard InChI is InChI=1S/C13H9ClO4S3/c15-14(16,17)18-13(10-4-1-7-19-10,11-5-2-8-20-11)12-6-3-9-21-12/h1-9H. The van der Waals surface area contributed by atoms with Crippen LogP contribution in [0.1, 0.15) is 14.6 Å². The molecule has 3 aromatic heterocycles. The zero-order valence-corrected chi connectivity index (χ0v) is 13.6. The fourth-order valence-corrected chi connectivity index (χ4v) is 5.59. The van der Waals surface area contributed by atoms with Gasteiger partial charge in [-0.15, -0.1) is 34.0 Å². The molecule has 110 valence electrons. The SMILES string of the molecule is [O-][Cl+3]([O-])([O-])OC(c1cccs1)(c1cccs1)c1cccs1. The molecule has 0 amide bonds. The van der Waals surface area contributed by atoms with E-state index in [1.54, 1.807) is 36.4 Å². The van der Waals surface area contributed by atoms with Gasteiger partial charge in [-0.2, -0.15) is 14.0 Å². The first-order chi connectivity index (χ1) is 10.0. The zero-order chi connectivity index (χ0) is 14.9. The molecule has 0 unspecified atom stereocenters. The van der Waals surface area contributed by atoms with Crippen LogP contribution in [0.2, 0.25) is 0 Å². The smallest absolute Gasteiger partial charge is 0.183 e. The molecule has 0 saturated carbocycles. The van der Waals surface area contributed by atoms with E-state index in [9.17, 15) is 14.0 Å². The minimum absolute atomic E-state index is 0.652. The summed E-state index contributed by atoms with van der Waals surface area (Å²) in [6.45, 7) is 0. The van der Waals surface area contributed by atoms with Crippen LogP contribution in [0.15, 0.2) is 52.5 Å². The normalized spacial score (nSPS) is 12.7. The van der Waals surface area contributed by atoms with Gasteiger partial charge in [-0.05, 0) is 34.3 Å². The molecule has 0 N–H and O–H groups in total. The summed E-state index contributed by atoms with van der Waals surface area (Å²) in [5.41, 5.74) is -1.40. The molecule has 3 aromatic rings. The van der Waals surface area contributed by atoms with Crippen LogP contribution in [0.4, 0.5) is 0 Å². The van der Waals surface area contributed by atoms with Crippen molar-refractivity contribution < 1.29 is 28.5 Å². The molecule has 8 heteroatoms. The van der Waals surface area contributed by atoms with Gasteiger partial charge in [0.1, 0.15) is 0 Å². The number of thiophene rings is 3. The van der Waals surface area contributed by atoms with E-state index < -0.39 is 15.8 Å². The number of rotatable bonds is 5. The number of hydrogen-bond donors (Lipinski definition) is 0. The Morgan fingerprint density at radius 1 is 0.762 bits per heavy atom.